The third kappa shape index (κ3) is 4.74. The number of hydrogen-bond donors (Lipinski definition) is 2. The van der Waals surface area contributed by atoms with Crippen LogP contribution in [0.4, 0.5) is 0 Å². The minimum absolute atomic E-state index is 0.118. The molecular weight excluding hydrogens is 288 g/mol. The lowest BCUT2D eigenvalue weighted by Gasteiger charge is -2.29. The van der Waals surface area contributed by atoms with E-state index in [9.17, 15) is 9.59 Å². The third-order valence-corrected chi connectivity index (χ3v) is 4.25. The predicted octanol–water partition coefficient (Wildman–Crippen LogP) is 2.65. The second kappa shape index (κ2) is 7.46. The summed E-state index contributed by atoms with van der Waals surface area (Å²) in [7, 11) is 0. The van der Waals surface area contributed by atoms with E-state index in [-0.39, 0.29) is 6.04 Å². The number of nitrogens with one attached hydrogen (secondary N) is 2. The second-order valence-electron chi connectivity index (χ2n) is 5.65. The zero-order chi connectivity index (χ0) is 15.2. The van der Waals surface area contributed by atoms with E-state index in [1.54, 1.807) is 12.1 Å². The molecule has 2 amide bonds. The molecule has 0 aliphatic heterocycles. The number of halogens is 1. The van der Waals surface area contributed by atoms with Crippen LogP contribution >= 0.6 is 11.6 Å². The van der Waals surface area contributed by atoms with E-state index < -0.39 is 11.8 Å². The first-order chi connectivity index (χ1) is 10.1. The normalized spacial score (nSPS) is 21.6. The average Bonchev–Trinajstić information content (AvgIpc) is 2.48. The van der Waals surface area contributed by atoms with Crippen molar-refractivity contribution >= 4 is 23.4 Å². The Morgan fingerprint density at radius 2 is 1.81 bits per heavy atom. The molecule has 0 aromatic heterocycles. The van der Waals surface area contributed by atoms with Crippen molar-refractivity contribution in [3.63, 3.8) is 0 Å². The van der Waals surface area contributed by atoms with Gasteiger partial charge in [0.25, 0.3) is 0 Å². The van der Waals surface area contributed by atoms with Gasteiger partial charge in [-0.05, 0) is 36.5 Å². The van der Waals surface area contributed by atoms with Crippen LogP contribution in [0.15, 0.2) is 24.3 Å². The highest BCUT2D eigenvalue weighted by molar-refractivity contribution is 6.35. The molecule has 2 N–H and O–H groups in total. The molecule has 114 valence electrons. The molecule has 2 unspecified atom stereocenters. The van der Waals surface area contributed by atoms with Gasteiger partial charge in [-0.1, -0.05) is 43.5 Å². The lowest BCUT2D eigenvalue weighted by atomic mass is 9.86. The Hall–Kier alpha value is -1.55. The zero-order valence-electron chi connectivity index (χ0n) is 12.2. The number of amides is 2. The largest absolute Gasteiger partial charge is 0.345 e. The van der Waals surface area contributed by atoms with Gasteiger partial charge in [-0.3, -0.25) is 9.59 Å². The van der Waals surface area contributed by atoms with Crippen LogP contribution in [0.1, 0.15) is 38.2 Å². The minimum atomic E-state index is -0.581. The van der Waals surface area contributed by atoms with Gasteiger partial charge in [0.15, 0.2) is 0 Å². The summed E-state index contributed by atoms with van der Waals surface area (Å²) in [6, 6.07) is 7.28. The molecule has 0 bridgehead atoms. The Morgan fingerprint density at radius 3 is 2.48 bits per heavy atom. The van der Waals surface area contributed by atoms with E-state index in [1.165, 1.54) is 6.42 Å². The first-order valence-corrected chi connectivity index (χ1v) is 7.77. The molecule has 0 spiro atoms. The SMILES string of the molecule is CC1CCCCC1NC(=O)C(=O)NCc1ccc(Cl)cc1. The van der Waals surface area contributed by atoms with Crippen molar-refractivity contribution in [2.24, 2.45) is 5.92 Å². The quantitative estimate of drug-likeness (QED) is 0.843. The molecule has 1 aromatic rings. The van der Waals surface area contributed by atoms with Gasteiger partial charge in [-0.15, -0.1) is 0 Å². The maximum absolute atomic E-state index is 11.9. The summed E-state index contributed by atoms with van der Waals surface area (Å²) in [6.07, 6.45) is 4.38. The molecule has 21 heavy (non-hydrogen) atoms. The fourth-order valence-electron chi connectivity index (χ4n) is 2.63. The molecular formula is C16H21ClN2O2. The van der Waals surface area contributed by atoms with Gasteiger partial charge in [0.2, 0.25) is 0 Å². The Morgan fingerprint density at radius 1 is 1.14 bits per heavy atom. The van der Waals surface area contributed by atoms with Crippen molar-refractivity contribution in [1.29, 1.82) is 0 Å². The first-order valence-electron chi connectivity index (χ1n) is 7.39. The van der Waals surface area contributed by atoms with Crippen LogP contribution < -0.4 is 10.6 Å². The van der Waals surface area contributed by atoms with Gasteiger partial charge in [0.05, 0.1) is 0 Å². The fraction of sp³-hybridized carbons (Fsp3) is 0.500. The van der Waals surface area contributed by atoms with Crippen LogP contribution in [0.2, 0.25) is 5.02 Å². The van der Waals surface area contributed by atoms with Crippen molar-refractivity contribution in [3.8, 4) is 0 Å². The van der Waals surface area contributed by atoms with Gasteiger partial charge in [0, 0.05) is 17.6 Å². The zero-order valence-corrected chi connectivity index (χ0v) is 13.0. The van der Waals surface area contributed by atoms with Gasteiger partial charge in [0.1, 0.15) is 0 Å². The Bertz CT molecular complexity index is 502. The van der Waals surface area contributed by atoms with Gasteiger partial charge >= 0.3 is 11.8 Å². The molecule has 1 aliphatic carbocycles. The summed E-state index contributed by atoms with van der Waals surface area (Å²) in [5.74, 6) is -0.683. The van der Waals surface area contributed by atoms with Crippen LogP contribution in [0.3, 0.4) is 0 Å². The lowest BCUT2D eigenvalue weighted by molar-refractivity contribution is -0.140. The molecule has 0 radical (unpaired) electrons. The highest BCUT2D eigenvalue weighted by atomic mass is 35.5. The Labute approximate surface area is 130 Å². The van der Waals surface area contributed by atoms with Crippen LogP contribution in [0.5, 0.6) is 0 Å². The smallest absolute Gasteiger partial charge is 0.309 e. The van der Waals surface area contributed by atoms with Gasteiger partial charge < -0.3 is 10.6 Å². The standard InChI is InChI=1S/C16H21ClN2O2/c1-11-4-2-3-5-14(11)19-16(21)15(20)18-10-12-6-8-13(17)9-7-12/h6-9,11,14H,2-5,10H2,1H3,(H,18,20)(H,19,21). The molecule has 1 fully saturated rings. The Balaban J connectivity index is 1.79. The summed E-state index contributed by atoms with van der Waals surface area (Å²) in [5.41, 5.74) is 0.909. The molecule has 1 saturated carbocycles. The van der Waals surface area contributed by atoms with Crippen molar-refractivity contribution in [2.75, 3.05) is 0 Å². The maximum Gasteiger partial charge on any atom is 0.309 e. The van der Waals surface area contributed by atoms with E-state index in [0.29, 0.717) is 17.5 Å². The molecule has 1 aromatic carbocycles. The van der Waals surface area contributed by atoms with E-state index >= 15 is 0 Å². The predicted molar refractivity (Wildman–Crippen MR) is 82.9 cm³/mol. The van der Waals surface area contributed by atoms with Gasteiger partial charge in [-0.25, -0.2) is 0 Å². The second-order valence-corrected chi connectivity index (χ2v) is 6.09. The van der Waals surface area contributed by atoms with Crippen molar-refractivity contribution in [3.05, 3.63) is 34.9 Å². The molecule has 2 atom stereocenters. The van der Waals surface area contributed by atoms with E-state index in [4.69, 9.17) is 11.6 Å². The number of carbonyl (C=O) groups excluding carboxylic acids is 2. The highest BCUT2D eigenvalue weighted by Gasteiger charge is 2.25. The summed E-state index contributed by atoms with van der Waals surface area (Å²) in [6.45, 7) is 2.44. The fourth-order valence-corrected chi connectivity index (χ4v) is 2.76. The average molecular weight is 309 g/mol. The van der Waals surface area contributed by atoms with Crippen LogP contribution in [0, 0.1) is 5.92 Å². The monoisotopic (exact) mass is 308 g/mol. The number of benzene rings is 1. The number of carbonyl (C=O) groups is 2. The molecule has 0 saturated heterocycles. The van der Waals surface area contributed by atoms with E-state index in [2.05, 4.69) is 17.6 Å². The van der Waals surface area contributed by atoms with Gasteiger partial charge in [-0.2, -0.15) is 0 Å². The van der Waals surface area contributed by atoms with Crippen LogP contribution in [-0.2, 0) is 16.1 Å². The van der Waals surface area contributed by atoms with E-state index in [1.807, 2.05) is 12.1 Å². The summed E-state index contributed by atoms with van der Waals surface area (Å²) >= 11 is 5.80. The maximum atomic E-state index is 11.9. The van der Waals surface area contributed by atoms with Crippen LogP contribution in [-0.4, -0.2) is 17.9 Å². The van der Waals surface area contributed by atoms with Crippen molar-refractivity contribution in [1.82, 2.24) is 10.6 Å². The first kappa shape index (κ1) is 15.8. The van der Waals surface area contributed by atoms with E-state index in [0.717, 1.165) is 24.8 Å². The Kier molecular flexibility index (Phi) is 5.62. The summed E-state index contributed by atoms with van der Waals surface area (Å²) in [4.78, 5) is 23.7. The van der Waals surface area contributed by atoms with Crippen molar-refractivity contribution < 1.29 is 9.59 Å². The molecule has 1 aliphatic rings. The lowest BCUT2D eigenvalue weighted by Crippen LogP contribution is -2.47. The molecule has 5 heteroatoms. The number of hydrogen-bond acceptors (Lipinski definition) is 2. The third-order valence-electron chi connectivity index (χ3n) is 4.00. The number of rotatable bonds is 3. The summed E-state index contributed by atoms with van der Waals surface area (Å²) < 4.78 is 0. The van der Waals surface area contributed by atoms with Crippen molar-refractivity contribution in [2.45, 2.75) is 45.2 Å². The molecule has 2 rings (SSSR count). The molecule has 4 nitrogen and oxygen atoms in total. The molecule has 0 heterocycles. The summed E-state index contributed by atoms with van der Waals surface area (Å²) in [5, 5.41) is 6.12. The topological polar surface area (TPSA) is 58.2 Å². The van der Waals surface area contributed by atoms with Crippen LogP contribution in [0.25, 0.3) is 0 Å². The highest BCUT2D eigenvalue weighted by Crippen LogP contribution is 2.23. The minimum Gasteiger partial charge on any atom is -0.345 e.